The molecule has 0 spiro atoms. The number of benzene rings is 2. The van der Waals surface area contributed by atoms with E-state index in [0.717, 1.165) is 11.3 Å². The lowest BCUT2D eigenvalue weighted by Gasteiger charge is -2.15. The minimum absolute atomic E-state index is 0.235. The number of rotatable bonds is 10. The third-order valence-corrected chi connectivity index (χ3v) is 4.74. The molecule has 1 unspecified atom stereocenters. The largest absolute Gasteiger partial charge is 0.494 e. The van der Waals surface area contributed by atoms with Gasteiger partial charge in [-0.2, -0.15) is 4.52 Å². The van der Waals surface area contributed by atoms with Crippen LogP contribution in [0.1, 0.15) is 13.8 Å². The Morgan fingerprint density at radius 2 is 1.73 bits per heavy atom. The van der Waals surface area contributed by atoms with E-state index in [4.69, 9.17) is 14.2 Å². The summed E-state index contributed by atoms with van der Waals surface area (Å²) in [6.45, 7) is 4.77. The minimum Gasteiger partial charge on any atom is -0.494 e. The summed E-state index contributed by atoms with van der Waals surface area (Å²) in [6, 6.07) is 20.3. The first kappa shape index (κ1) is 22.1. The van der Waals surface area contributed by atoms with Crippen molar-refractivity contribution in [2.45, 2.75) is 20.0 Å². The Kier molecular flexibility index (Phi) is 6.99. The molecule has 9 heteroatoms. The van der Waals surface area contributed by atoms with Crippen molar-refractivity contribution in [3.8, 4) is 28.8 Å². The number of carbonyl (C=O) groups excluding carboxylic acids is 1. The fourth-order valence-electron chi connectivity index (χ4n) is 3.13. The van der Waals surface area contributed by atoms with Crippen molar-refractivity contribution in [3.63, 3.8) is 0 Å². The zero-order valence-corrected chi connectivity index (χ0v) is 18.5. The van der Waals surface area contributed by atoms with E-state index in [9.17, 15) is 4.79 Å². The standard InChI is InChI=1S/C24H25N5O4/c1-3-31-19-9-11-20(12-10-19)33-17(2)24(30)25-15-16-32-22-14-13-21-26-27-23(29(21)28-22)18-7-5-4-6-8-18/h4-14,17H,3,15-16H2,1-2H3,(H,25,30). The van der Waals surface area contributed by atoms with E-state index in [2.05, 4.69) is 20.6 Å². The van der Waals surface area contributed by atoms with Gasteiger partial charge in [-0.1, -0.05) is 30.3 Å². The summed E-state index contributed by atoms with van der Waals surface area (Å²) in [4.78, 5) is 12.3. The zero-order valence-electron chi connectivity index (χ0n) is 18.5. The predicted molar refractivity (Wildman–Crippen MR) is 122 cm³/mol. The van der Waals surface area contributed by atoms with Crippen LogP contribution >= 0.6 is 0 Å². The first-order valence-corrected chi connectivity index (χ1v) is 10.7. The van der Waals surface area contributed by atoms with E-state index in [0.29, 0.717) is 36.3 Å². The van der Waals surface area contributed by atoms with Crippen molar-refractivity contribution in [1.29, 1.82) is 0 Å². The fourth-order valence-corrected chi connectivity index (χ4v) is 3.13. The molecule has 0 aliphatic carbocycles. The minimum atomic E-state index is -0.650. The Bertz CT molecular complexity index is 1190. The van der Waals surface area contributed by atoms with Crippen molar-refractivity contribution >= 4 is 11.6 Å². The second-order valence-electron chi connectivity index (χ2n) is 7.14. The summed E-state index contributed by atoms with van der Waals surface area (Å²) in [5, 5.41) is 15.6. The fraction of sp³-hybridized carbons (Fsp3) is 0.250. The zero-order chi connectivity index (χ0) is 23.0. The van der Waals surface area contributed by atoms with Gasteiger partial charge in [0.15, 0.2) is 17.6 Å². The molecule has 0 fully saturated rings. The first-order valence-electron chi connectivity index (χ1n) is 10.7. The molecule has 33 heavy (non-hydrogen) atoms. The van der Waals surface area contributed by atoms with Gasteiger partial charge in [-0.3, -0.25) is 4.79 Å². The lowest BCUT2D eigenvalue weighted by molar-refractivity contribution is -0.127. The molecule has 4 aromatic rings. The molecule has 2 aromatic carbocycles. The van der Waals surface area contributed by atoms with Crippen LogP contribution in [0, 0.1) is 0 Å². The molecule has 0 saturated heterocycles. The molecular weight excluding hydrogens is 422 g/mol. The monoisotopic (exact) mass is 447 g/mol. The highest BCUT2D eigenvalue weighted by Gasteiger charge is 2.14. The second-order valence-corrected chi connectivity index (χ2v) is 7.14. The highest BCUT2D eigenvalue weighted by molar-refractivity contribution is 5.80. The van der Waals surface area contributed by atoms with Gasteiger partial charge in [-0.25, -0.2) is 0 Å². The Morgan fingerprint density at radius 3 is 2.48 bits per heavy atom. The molecule has 1 amide bonds. The van der Waals surface area contributed by atoms with Crippen molar-refractivity contribution in [3.05, 3.63) is 66.7 Å². The third-order valence-electron chi connectivity index (χ3n) is 4.74. The topological polar surface area (TPSA) is 99.9 Å². The molecule has 0 bridgehead atoms. The smallest absolute Gasteiger partial charge is 0.260 e. The molecule has 0 saturated carbocycles. The molecule has 0 aliphatic heterocycles. The maximum absolute atomic E-state index is 12.3. The van der Waals surface area contributed by atoms with E-state index < -0.39 is 6.10 Å². The van der Waals surface area contributed by atoms with Crippen LogP contribution in [0.3, 0.4) is 0 Å². The van der Waals surface area contributed by atoms with Gasteiger partial charge in [0.2, 0.25) is 5.88 Å². The van der Waals surface area contributed by atoms with Crippen molar-refractivity contribution in [1.82, 2.24) is 25.1 Å². The second kappa shape index (κ2) is 10.4. The van der Waals surface area contributed by atoms with Crippen molar-refractivity contribution < 1.29 is 19.0 Å². The number of nitrogens with one attached hydrogen (secondary N) is 1. The van der Waals surface area contributed by atoms with Crippen LogP contribution in [-0.2, 0) is 4.79 Å². The molecular formula is C24H25N5O4. The van der Waals surface area contributed by atoms with Gasteiger partial charge in [0.25, 0.3) is 5.91 Å². The summed E-state index contributed by atoms with van der Waals surface area (Å²) < 4.78 is 18.4. The molecule has 2 aromatic heterocycles. The summed E-state index contributed by atoms with van der Waals surface area (Å²) in [7, 11) is 0. The summed E-state index contributed by atoms with van der Waals surface area (Å²) in [5.74, 6) is 2.16. The quantitative estimate of drug-likeness (QED) is 0.373. The average Bonchev–Trinajstić information content (AvgIpc) is 3.27. The number of carbonyl (C=O) groups is 1. The SMILES string of the molecule is CCOc1ccc(OC(C)C(=O)NCCOc2ccc3nnc(-c4ccccc4)n3n2)cc1. The van der Waals surface area contributed by atoms with E-state index in [1.165, 1.54) is 0 Å². The van der Waals surface area contributed by atoms with Gasteiger partial charge in [-0.05, 0) is 44.2 Å². The van der Waals surface area contributed by atoms with Crippen LogP contribution in [0.5, 0.6) is 17.4 Å². The lowest BCUT2D eigenvalue weighted by Crippen LogP contribution is -2.38. The van der Waals surface area contributed by atoms with Crippen LogP contribution in [0.15, 0.2) is 66.7 Å². The van der Waals surface area contributed by atoms with Gasteiger partial charge in [0.05, 0.1) is 13.2 Å². The van der Waals surface area contributed by atoms with Crippen molar-refractivity contribution in [2.24, 2.45) is 0 Å². The Morgan fingerprint density at radius 1 is 0.970 bits per heavy atom. The Balaban J connectivity index is 1.27. The third kappa shape index (κ3) is 5.57. The molecule has 4 rings (SSSR count). The number of hydrogen-bond acceptors (Lipinski definition) is 7. The van der Waals surface area contributed by atoms with E-state index in [1.807, 2.05) is 37.3 Å². The highest BCUT2D eigenvalue weighted by Crippen LogP contribution is 2.19. The molecule has 0 aliphatic rings. The molecule has 0 radical (unpaired) electrons. The van der Waals surface area contributed by atoms with Crippen LogP contribution in [0.2, 0.25) is 0 Å². The first-order chi connectivity index (χ1) is 16.1. The molecule has 170 valence electrons. The predicted octanol–water partition coefficient (Wildman–Crippen LogP) is 3.15. The lowest BCUT2D eigenvalue weighted by atomic mass is 10.2. The van der Waals surface area contributed by atoms with Crippen LogP contribution in [-0.4, -0.2) is 51.6 Å². The van der Waals surface area contributed by atoms with Crippen LogP contribution < -0.4 is 19.5 Å². The van der Waals surface area contributed by atoms with Crippen LogP contribution in [0.25, 0.3) is 17.0 Å². The van der Waals surface area contributed by atoms with E-state index in [-0.39, 0.29) is 12.5 Å². The van der Waals surface area contributed by atoms with Crippen molar-refractivity contribution in [2.75, 3.05) is 19.8 Å². The maximum Gasteiger partial charge on any atom is 0.260 e. The average molecular weight is 447 g/mol. The van der Waals surface area contributed by atoms with Gasteiger partial charge in [0, 0.05) is 11.6 Å². The Hall–Kier alpha value is -4.14. The molecule has 2 heterocycles. The number of fused-ring (bicyclic) bond motifs is 1. The molecule has 1 N–H and O–H groups in total. The van der Waals surface area contributed by atoms with Gasteiger partial charge in [-0.15, -0.1) is 15.3 Å². The number of ether oxygens (including phenoxy) is 3. The highest BCUT2D eigenvalue weighted by atomic mass is 16.5. The summed E-state index contributed by atoms with van der Waals surface area (Å²) >= 11 is 0. The number of hydrogen-bond donors (Lipinski definition) is 1. The normalized spacial score (nSPS) is 11.7. The molecule has 1 atom stereocenters. The van der Waals surface area contributed by atoms with Gasteiger partial charge >= 0.3 is 0 Å². The maximum atomic E-state index is 12.3. The summed E-state index contributed by atoms with van der Waals surface area (Å²) in [6.07, 6.45) is -0.650. The summed E-state index contributed by atoms with van der Waals surface area (Å²) in [5.41, 5.74) is 1.53. The van der Waals surface area contributed by atoms with E-state index >= 15 is 0 Å². The van der Waals surface area contributed by atoms with Gasteiger partial charge < -0.3 is 19.5 Å². The number of nitrogens with zero attached hydrogens (tertiary/aromatic N) is 4. The number of aromatic nitrogens is 4. The van der Waals surface area contributed by atoms with Crippen LogP contribution in [0.4, 0.5) is 0 Å². The van der Waals surface area contributed by atoms with E-state index in [1.54, 1.807) is 47.8 Å². The number of amides is 1. The molecule has 9 nitrogen and oxygen atoms in total. The Labute approximate surface area is 191 Å². The van der Waals surface area contributed by atoms with Gasteiger partial charge in [0.1, 0.15) is 18.1 Å².